The van der Waals surface area contributed by atoms with Crippen molar-refractivity contribution in [2.75, 3.05) is 16.5 Å². The number of rotatable bonds is 1. The van der Waals surface area contributed by atoms with Gasteiger partial charge in [-0.3, -0.25) is 4.79 Å². The predicted octanol–water partition coefficient (Wildman–Crippen LogP) is 1.63. The summed E-state index contributed by atoms with van der Waals surface area (Å²) in [6.45, 7) is 0. The Morgan fingerprint density at radius 1 is 1.39 bits per heavy atom. The number of imidazole rings is 1. The average Bonchev–Trinajstić information content (AvgIpc) is 3.04. The quantitative estimate of drug-likeness (QED) is 0.845. The monoisotopic (exact) mass is 258 g/mol. The molecule has 18 heavy (non-hydrogen) atoms. The van der Waals surface area contributed by atoms with Crippen LogP contribution in [0.25, 0.3) is 11.0 Å². The van der Waals surface area contributed by atoms with Crippen LogP contribution >= 0.6 is 11.8 Å². The lowest BCUT2D eigenvalue weighted by Crippen LogP contribution is -2.27. The number of fused-ring (bicyclic) bond motifs is 2. The summed E-state index contributed by atoms with van der Waals surface area (Å²) >= 11 is 1.76. The first-order valence-electron chi connectivity index (χ1n) is 5.77. The zero-order chi connectivity index (χ0) is 12.1. The van der Waals surface area contributed by atoms with Crippen LogP contribution in [0.1, 0.15) is 0 Å². The molecule has 90 valence electrons. The lowest BCUT2D eigenvalue weighted by molar-refractivity contribution is -0.119. The van der Waals surface area contributed by atoms with E-state index in [-0.39, 0.29) is 11.8 Å². The Kier molecular flexibility index (Phi) is 2.02. The molecule has 0 spiro atoms. The molecule has 2 aliphatic heterocycles. The number of nitrogens with one attached hydrogen (secondary N) is 1. The number of thioether (sulfide) groups is 1. The lowest BCUT2D eigenvalue weighted by atomic mass is 10.1. The second kappa shape index (κ2) is 3.58. The van der Waals surface area contributed by atoms with E-state index < -0.39 is 0 Å². The van der Waals surface area contributed by atoms with Gasteiger partial charge in [-0.05, 0) is 12.1 Å². The maximum absolute atomic E-state index is 12.2. The first kappa shape index (κ1) is 10.1. The number of carbonyl (C=O) groups is 1. The minimum absolute atomic E-state index is 0.0362. The number of H-pyrrole nitrogens is 1. The summed E-state index contributed by atoms with van der Waals surface area (Å²) in [5, 5.41) is 5.80. The number of hydrogen-bond acceptors (Lipinski definition) is 4. The summed E-state index contributed by atoms with van der Waals surface area (Å²) in [7, 11) is 0. The van der Waals surface area contributed by atoms with Crippen LogP contribution in [0.4, 0.5) is 5.95 Å². The minimum Gasteiger partial charge on any atom is -0.322 e. The summed E-state index contributed by atoms with van der Waals surface area (Å²) in [5.41, 5.74) is 2.75. The van der Waals surface area contributed by atoms with Crippen LogP contribution in [0.5, 0.6) is 0 Å². The molecular formula is C12H10N4OS. The fourth-order valence-electron chi connectivity index (χ4n) is 2.31. The Hall–Kier alpha value is -1.82. The molecule has 2 aliphatic rings. The van der Waals surface area contributed by atoms with Crippen LogP contribution in [-0.2, 0) is 4.79 Å². The molecule has 0 bridgehead atoms. The topological polar surface area (TPSA) is 61.4 Å². The normalized spacial score (nSPS) is 22.7. The van der Waals surface area contributed by atoms with Gasteiger partial charge in [0.2, 0.25) is 5.95 Å². The molecule has 1 fully saturated rings. The largest absolute Gasteiger partial charge is 0.322 e. The molecule has 0 saturated carbocycles. The molecule has 1 aromatic carbocycles. The van der Waals surface area contributed by atoms with Crippen LogP contribution in [0, 0.1) is 5.92 Å². The third-order valence-electron chi connectivity index (χ3n) is 3.25. The molecule has 4 rings (SSSR count). The zero-order valence-electron chi connectivity index (χ0n) is 9.46. The third kappa shape index (κ3) is 1.32. The van der Waals surface area contributed by atoms with E-state index in [0.29, 0.717) is 5.95 Å². The van der Waals surface area contributed by atoms with Crippen molar-refractivity contribution in [2.45, 2.75) is 0 Å². The maximum Gasteiger partial charge on any atom is 0.259 e. The highest BCUT2D eigenvalue weighted by Gasteiger charge is 2.40. The first-order chi connectivity index (χ1) is 8.83. The van der Waals surface area contributed by atoms with Gasteiger partial charge >= 0.3 is 0 Å². The molecule has 1 amide bonds. The summed E-state index contributed by atoms with van der Waals surface area (Å²) in [5.74, 6) is 2.21. The molecule has 1 N–H and O–H groups in total. The Morgan fingerprint density at radius 3 is 3.11 bits per heavy atom. The minimum atomic E-state index is -0.0387. The van der Waals surface area contributed by atoms with Gasteiger partial charge in [-0.15, -0.1) is 0 Å². The number of nitrogens with zero attached hydrogens (tertiary/aromatic N) is 3. The molecule has 0 radical (unpaired) electrons. The molecule has 1 saturated heterocycles. The summed E-state index contributed by atoms with van der Waals surface area (Å²) < 4.78 is 0. The highest BCUT2D eigenvalue weighted by atomic mass is 32.2. The Bertz CT molecular complexity index is 645. The molecule has 3 heterocycles. The third-order valence-corrected chi connectivity index (χ3v) is 4.32. The van der Waals surface area contributed by atoms with Crippen LogP contribution < -0.4 is 5.01 Å². The number of para-hydroxylation sites is 2. The average molecular weight is 258 g/mol. The van der Waals surface area contributed by atoms with Crippen molar-refractivity contribution in [3.8, 4) is 0 Å². The van der Waals surface area contributed by atoms with Gasteiger partial charge in [-0.1, -0.05) is 12.1 Å². The Balaban J connectivity index is 1.79. The smallest absolute Gasteiger partial charge is 0.259 e. The van der Waals surface area contributed by atoms with Crippen molar-refractivity contribution in [2.24, 2.45) is 11.0 Å². The number of carbonyl (C=O) groups excluding carboxylic acids is 1. The molecule has 1 aromatic heterocycles. The van der Waals surface area contributed by atoms with Gasteiger partial charge in [-0.25, -0.2) is 4.98 Å². The van der Waals surface area contributed by atoms with Crippen LogP contribution in [0.2, 0.25) is 0 Å². The van der Waals surface area contributed by atoms with Gasteiger partial charge in [0, 0.05) is 11.5 Å². The molecule has 1 atom stereocenters. The van der Waals surface area contributed by atoms with Crippen molar-refractivity contribution < 1.29 is 4.79 Å². The summed E-state index contributed by atoms with van der Waals surface area (Å²) in [6, 6.07) is 7.72. The summed E-state index contributed by atoms with van der Waals surface area (Å²) in [6.07, 6.45) is 0. The van der Waals surface area contributed by atoms with Gasteiger partial charge in [-0.2, -0.15) is 21.9 Å². The van der Waals surface area contributed by atoms with Crippen molar-refractivity contribution in [1.29, 1.82) is 0 Å². The number of hydrogen-bond donors (Lipinski definition) is 1. The van der Waals surface area contributed by atoms with Crippen LogP contribution in [0.3, 0.4) is 0 Å². The predicted molar refractivity (Wildman–Crippen MR) is 71.8 cm³/mol. The van der Waals surface area contributed by atoms with E-state index >= 15 is 0 Å². The second-order valence-electron chi connectivity index (χ2n) is 4.39. The van der Waals surface area contributed by atoms with Crippen molar-refractivity contribution in [1.82, 2.24) is 9.97 Å². The molecule has 2 aromatic rings. The maximum atomic E-state index is 12.2. The van der Waals surface area contributed by atoms with E-state index in [2.05, 4.69) is 15.1 Å². The Labute approximate surface area is 107 Å². The van der Waals surface area contributed by atoms with Gasteiger partial charge < -0.3 is 4.98 Å². The van der Waals surface area contributed by atoms with E-state index in [1.54, 1.807) is 11.8 Å². The van der Waals surface area contributed by atoms with E-state index in [1.165, 1.54) is 5.01 Å². The van der Waals surface area contributed by atoms with E-state index in [0.717, 1.165) is 28.3 Å². The summed E-state index contributed by atoms with van der Waals surface area (Å²) in [4.78, 5) is 19.7. The van der Waals surface area contributed by atoms with Gasteiger partial charge in [0.05, 0.1) is 22.7 Å². The standard InChI is InChI=1S/C12H10N4OS/c17-11-7-5-18-6-10(7)15-16(11)12-13-8-3-1-2-4-9(8)14-12/h1-4,7H,5-6H2,(H,13,14). The number of anilines is 1. The molecule has 0 aliphatic carbocycles. The molecule has 6 heteroatoms. The highest BCUT2D eigenvalue weighted by molar-refractivity contribution is 8.00. The molecular weight excluding hydrogens is 248 g/mol. The number of amides is 1. The Morgan fingerprint density at radius 2 is 2.28 bits per heavy atom. The van der Waals surface area contributed by atoms with Gasteiger partial charge in [0.25, 0.3) is 5.91 Å². The first-order valence-corrected chi connectivity index (χ1v) is 6.92. The van der Waals surface area contributed by atoms with E-state index in [4.69, 9.17) is 0 Å². The SMILES string of the molecule is O=C1C2CSCC2=NN1c1nc2ccccc2[nH]1. The number of benzene rings is 1. The number of aromatic nitrogens is 2. The fraction of sp³-hybridized carbons (Fsp3) is 0.250. The van der Waals surface area contributed by atoms with Crippen molar-refractivity contribution in [3.05, 3.63) is 24.3 Å². The highest BCUT2D eigenvalue weighted by Crippen LogP contribution is 2.31. The van der Waals surface area contributed by atoms with Crippen LogP contribution in [-0.4, -0.2) is 33.1 Å². The number of aromatic amines is 1. The second-order valence-corrected chi connectivity index (χ2v) is 5.42. The molecule has 1 unspecified atom stereocenters. The lowest BCUT2D eigenvalue weighted by Gasteiger charge is -2.09. The van der Waals surface area contributed by atoms with Crippen molar-refractivity contribution in [3.63, 3.8) is 0 Å². The van der Waals surface area contributed by atoms with E-state index in [9.17, 15) is 4.79 Å². The van der Waals surface area contributed by atoms with Crippen molar-refractivity contribution >= 4 is 40.4 Å². The van der Waals surface area contributed by atoms with Gasteiger partial charge in [0.15, 0.2) is 0 Å². The van der Waals surface area contributed by atoms with Crippen LogP contribution in [0.15, 0.2) is 29.4 Å². The zero-order valence-corrected chi connectivity index (χ0v) is 10.3. The number of hydrazone groups is 1. The van der Waals surface area contributed by atoms with E-state index in [1.807, 2.05) is 24.3 Å². The van der Waals surface area contributed by atoms with Gasteiger partial charge in [0.1, 0.15) is 0 Å². The molecule has 5 nitrogen and oxygen atoms in total. The fourth-order valence-corrected chi connectivity index (χ4v) is 3.46.